The van der Waals surface area contributed by atoms with E-state index in [9.17, 15) is 13.2 Å². The van der Waals surface area contributed by atoms with Crippen LogP contribution in [0.15, 0.2) is 35.2 Å². The van der Waals surface area contributed by atoms with Crippen molar-refractivity contribution in [3.8, 4) is 5.75 Å². The van der Waals surface area contributed by atoms with Gasteiger partial charge in [0, 0.05) is 11.6 Å². The first-order valence-corrected chi connectivity index (χ1v) is 6.32. The van der Waals surface area contributed by atoms with Crippen LogP contribution in [0.4, 0.5) is 5.69 Å². The summed E-state index contributed by atoms with van der Waals surface area (Å²) in [7, 11) is -3.11. The maximum absolute atomic E-state index is 11.4. The molecule has 2 N–H and O–H groups in total. The molecule has 98 valence electrons. The molecule has 0 spiro atoms. The largest absolute Gasteiger partial charge is 0.497 e. The molecular weight excluding hydrogens is 258 g/mol. The molecule has 18 heavy (non-hydrogen) atoms. The van der Waals surface area contributed by atoms with Crippen LogP contribution in [0.1, 0.15) is 6.92 Å². The number of methoxy groups -OCH3 is 1. The number of carbonyl (C=O) groups excluding carboxylic acids is 1. The van der Waals surface area contributed by atoms with Crippen molar-refractivity contribution in [3.05, 3.63) is 30.4 Å². The van der Waals surface area contributed by atoms with Gasteiger partial charge in [0.2, 0.25) is 0 Å². The second-order valence-electron chi connectivity index (χ2n) is 3.57. The fraction of sp³-hybridized carbons (Fsp3) is 0.182. The third-order valence-corrected chi connectivity index (χ3v) is 3.00. The summed E-state index contributed by atoms with van der Waals surface area (Å²) in [5.74, 6) is -0.291. The Bertz CT molecular complexity index is 591. The van der Waals surface area contributed by atoms with Crippen LogP contribution in [-0.4, -0.2) is 26.0 Å². The zero-order valence-corrected chi connectivity index (χ0v) is 10.7. The van der Waals surface area contributed by atoms with Crippen LogP contribution in [0.5, 0.6) is 5.75 Å². The second-order valence-corrected chi connectivity index (χ2v) is 4.96. The lowest BCUT2D eigenvalue weighted by Crippen LogP contribution is -2.14. The Hall–Kier alpha value is -1.86. The van der Waals surface area contributed by atoms with Crippen molar-refractivity contribution in [2.45, 2.75) is 11.8 Å². The minimum absolute atomic E-state index is 0.0358. The molecular formula is C11H13NO5S. The highest BCUT2D eigenvalue weighted by Crippen LogP contribution is 2.26. The summed E-state index contributed by atoms with van der Waals surface area (Å²) >= 11 is 0. The maximum Gasteiger partial charge on any atom is 0.296 e. The molecule has 1 aromatic carbocycles. The second kappa shape index (κ2) is 5.19. The van der Waals surface area contributed by atoms with Crippen molar-refractivity contribution in [3.63, 3.8) is 0 Å². The first-order valence-electron chi connectivity index (χ1n) is 4.88. The van der Waals surface area contributed by atoms with E-state index in [1.807, 2.05) is 0 Å². The Morgan fingerprint density at radius 1 is 1.44 bits per heavy atom. The number of nitrogens with one attached hydrogen (secondary N) is 1. The standard InChI is InChI=1S/C11H13NO5S/c1-7(2)11(13)12-9-5-4-8(17-3)6-10(9)18(14,15)16/h4-6H,1H2,2-3H3,(H,12,13)(H,14,15,16). The minimum atomic E-state index is -4.46. The fourth-order valence-electron chi connectivity index (χ4n) is 1.18. The molecule has 1 aromatic rings. The molecule has 0 aromatic heterocycles. The van der Waals surface area contributed by atoms with Crippen molar-refractivity contribution < 1.29 is 22.5 Å². The van der Waals surface area contributed by atoms with Crippen LogP contribution < -0.4 is 10.1 Å². The molecule has 1 rings (SSSR count). The number of hydrogen-bond acceptors (Lipinski definition) is 4. The van der Waals surface area contributed by atoms with Crippen molar-refractivity contribution in [1.29, 1.82) is 0 Å². The molecule has 0 saturated heterocycles. The van der Waals surface area contributed by atoms with Gasteiger partial charge in [0.25, 0.3) is 16.0 Å². The van der Waals surface area contributed by atoms with Crippen LogP contribution in [0.25, 0.3) is 0 Å². The summed E-state index contributed by atoms with van der Waals surface area (Å²) in [5.41, 5.74) is 0.179. The number of anilines is 1. The molecule has 0 atom stereocenters. The summed E-state index contributed by atoms with van der Waals surface area (Å²) in [6.45, 7) is 4.91. The van der Waals surface area contributed by atoms with E-state index in [1.54, 1.807) is 0 Å². The van der Waals surface area contributed by atoms with E-state index in [1.165, 1.54) is 26.2 Å². The van der Waals surface area contributed by atoms with Gasteiger partial charge >= 0.3 is 0 Å². The number of hydrogen-bond donors (Lipinski definition) is 2. The van der Waals surface area contributed by atoms with Gasteiger partial charge in [-0.05, 0) is 19.1 Å². The third kappa shape index (κ3) is 3.31. The number of benzene rings is 1. The van der Waals surface area contributed by atoms with E-state index in [0.29, 0.717) is 0 Å². The summed E-state index contributed by atoms with van der Waals surface area (Å²) in [6, 6.07) is 3.90. The SMILES string of the molecule is C=C(C)C(=O)Nc1ccc(OC)cc1S(=O)(=O)O. The predicted octanol–water partition coefficient (Wildman–Crippen LogP) is 1.46. The molecule has 0 heterocycles. The molecule has 0 aliphatic rings. The highest BCUT2D eigenvalue weighted by molar-refractivity contribution is 7.86. The smallest absolute Gasteiger partial charge is 0.296 e. The molecule has 0 aliphatic heterocycles. The quantitative estimate of drug-likeness (QED) is 0.638. The molecule has 1 amide bonds. The lowest BCUT2D eigenvalue weighted by molar-refractivity contribution is -0.112. The molecule has 0 bridgehead atoms. The number of rotatable bonds is 4. The summed E-state index contributed by atoms with van der Waals surface area (Å²) in [6.07, 6.45) is 0. The summed E-state index contributed by atoms with van der Waals surface area (Å²) < 4.78 is 36.3. The first-order chi connectivity index (χ1) is 8.25. The van der Waals surface area contributed by atoms with Crippen LogP contribution in [0.2, 0.25) is 0 Å². The van der Waals surface area contributed by atoms with Gasteiger partial charge in [0.05, 0.1) is 12.8 Å². The van der Waals surface area contributed by atoms with Crippen LogP contribution >= 0.6 is 0 Å². The molecule has 0 saturated carbocycles. The van der Waals surface area contributed by atoms with Crippen molar-refractivity contribution >= 4 is 21.7 Å². The highest BCUT2D eigenvalue weighted by Gasteiger charge is 2.18. The topological polar surface area (TPSA) is 92.7 Å². The molecule has 0 aliphatic carbocycles. The molecule has 0 fully saturated rings. The number of amides is 1. The fourth-order valence-corrected chi connectivity index (χ4v) is 1.84. The van der Waals surface area contributed by atoms with E-state index in [-0.39, 0.29) is 17.0 Å². The van der Waals surface area contributed by atoms with E-state index in [4.69, 9.17) is 9.29 Å². The first kappa shape index (κ1) is 14.2. The monoisotopic (exact) mass is 271 g/mol. The van der Waals surface area contributed by atoms with Gasteiger partial charge in [-0.15, -0.1) is 0 Å². The lowest BCUT2D eigenvalue weighted by atomic mass is 10.2. The Balaban J connectivity index is 3.28. The van der Waals surface area contributed by atoms with Crippen LogP contribution in [0.3, 0.4) is 0 Å². The van der Waals surface area contributed by atoms with E-state index in [2.05, 4.69) is 11.9 Å². The van der Waals surface area contributed by atoms with E-state index >= 15 is 0 Å². The summed E-state index contributed by atoms with van der Waals surface area (Å²) in [4.78, 5) is 11.0. The van der Waals surface area contributed by atoms with Gasteiger partial charge in [-0.2, -0.15) is 8.42 Å². The van der Waals surface area contributed by atoms with E-state index < -0.39 is 20.9 Å². The Kier molecular flexibility index (Phi) is 4.10. The van der Waals surface area contributed by atoms with Gasteiger partial charge < -0.3 is 10.1 Å². The molecule has 0 unspecified atom stereocenters. The lowest BCUT2D eigenvalue weighted by Gasteiger charge is -2.10. The maximum atomic E-state index is 11.4. The van der Waals surface area contributed by atoms with Crippen LogP contribution in [-0.2, 0) is 14.9 Å². The van der Waals surface area contributed by atoms with Gasteiger partial charge in [0.15, 0.2) is 0 Å². The van der Waals surface area contributed by atoms with Gasteiger partial charge in [-0.3, -0.25) is 9.35 Å². The highest BCUT2D eigenvalue weighted by atomic mass is 32.2. The van der Waals surface area contributed by atoms with Crippen molar-refractivity contribution in [1.82, 2.24) is 0 Å². The average Bonchev–Trinajstić information content (AvgIpc) is 2.27. The van der Waals surface area contributed by atoms with Gasteiger partial charge in [-0.25, -0.2) is 0 Å². The molecule has 0 radical (unpaired) electrons. The van der Waals surface area contributed by atoms with Crippen molar-refractivity contribution in [2.24, 2.45) is 0 Å². The predicted molar refractivity (Wildman–Crippen MR) is 66.3 cm³/mol. The molecule has 7 heteroatoms. The normalized spacial score (nSPS) is 10.8. The average molecular weight is 271 g/mol. The summed E-state index contributed by atoms with van der Waals surface area (Å²) in [5, 5.41) is 2.33. The zero-order chi connectivity index (χ0) is 13.9. The Morgan fingerprint density at radius 2 is 2.06 bits per heavy atom. The van der Waals surface area contributed by atoms with Crippen LogP contribution in [0, 0.1) is 0 Å². The zero-order valence-electron chi connectivity index (χ0n) is 9.93. The third-order valence-electron chi connectivity index (χ3n) is 2.10. The van der Waals surface area contributed by atoms with Gasteiger partial charge in [-0.1, -0.05) is 6.58 Å². The Labute approximate surface area is 105 Å². The number of ether oxygens (including phenoxy) is 1. The Morgan fingerprint density at radius 3 is 2.50 bits per heavy atom. The molecule has 6 nitrogen and oxygen atoms in total. The minimum Gasteiger partial charge on any atom is -0.497 e. The number of carbonyl (C=O) groups is 1. The van der Waals surface area contributed by atoms with E-state index in [0.717, 1.165) is 6.07 Å². The van der Waals surface area contributed by atoms with Gasteiger partial charge in [0.1, 0.15) is 10.6 Å². The van der Waals surface area contributed by atoms with Crippen molar-refractivity contribution in [2.75, 3.05) is 12.4 Å².